The smallest absolute Gasteiger partial charge is 0.0889 e. The second-order valence-electron chi connectivity index (χ2n) is 5.32. The van der Waals surface area contributed by atoms with Crippen molar-refractivity contribution in [2.24, 2.45) is 0 Å². The van der Waals surface area contributed by atoms with E-state index >= 15 is 0 Å². The Morgan fingerprint density at radius 2 is 1.15 bits per heavy atom. The van der Waals surface area contributed by atoms with Crippen molar-refractivity contribution in [2.75, 3.05) is 0 Å². The molecular weight excluding hydrogens is 239 g/mol. The first-order valence-electron chi connectivity index (χ1n) is 6.96. The Balaban J connectivity index is 2.03. The monoisotopic (exact) mass is 256 g/mol. The first-order valence-corrected chi connectivity index (χ1v) is 6.96. The van der Waals surface area contributed by atoms with Gasteiger partial charge >= 0.3 is 0 Å². The summed E-state index contributed by atoms with van der Waals surface area (Å²) in [5, 5.41) is 0. The molecule has 0 aliphatic rings. The lowest BCUT2D eigenvalue weighted by atomic mass is 9.93. The summed E-state index contributed by atoms with van der Waals surface area (Å²) in [6, 6.07) is 26.1. The van der Waals surface area contributed by atoms with Crippen molar-refractivity contribution in [1.82, 2.24) is 0 Å². The molecule has 0 aliphatic heterocycles. The van der Waals surface area contributed by atoms with E-state index in [4.69, 9.17) is 0 Å². The number of hydrogen-bond donors (Lipinski definition) is 0. The zero-order valence-corrected chi connectivity index (χ0v) is 11.9. The minimum atomic E-state index is 1.27. The molecule has 3 aromatic rings. The minimum Gasteiger partial charge on any atom is -0.0889 e. The molecule has 0 fully saturated rings. The molecule has 3 rings (SSSR count). The molecule has 0 nitrogen and oxygen atoms in total. The Hall–Kier alpha value is -2.28. The lowest BCUT2D eigenvalue weighted by Gasteiger charge is -2.07. The molecule has 0 aromatic heterocycles. The van der Waals surface area contributed by atoms with Gasteiger partial charge in [0.05, 0.1) is 0 Å². The summed E-state index contributed by atoms with van der Waals surface area (Å²) < 4.78 is 0. The van der Waals surface area contributed by atoms with Gasteiger partial charge in [-0.2, -0.15) is 0 Å². The summed E-state index contributed by atoms with van der Waals surface area (Å²) in [4.78, 5) is 0. The SMILES string of the molecule is Bc1ccc(-c2cccc(-c3cccc(C)c3)c2)cc1. The zero-order valence-electron chi connectivity index (χ0n) is 11.9. The molecule has 0 saturated carbocycles. The van der Waals surface area contributed by atoms with E-state index in [2.05, 4.69) is 87.6 Å². The van der Waals surface area contributed by atoms with E-state index in [1.165, 1.54) is 33.3 Å². The molecule has 0 bridgehead atoms. The number of rotatable bonds is 2. The van der Waals surface area contributed by atoms with Crippen LogP contribution in [0.1, 0.15) is 5.56 Å². The highest BCUT2D eigenvalue weighted by Gasteiger charge is 2.01. The van der Waals surface area contributed by atoms with E-state index in [9.17, 15) is 0 Å². The molecule has 1 heteroatoms. The third-order valence-electron chi connectivity index (χ3n) is 3.60. The van der Waals surface area contributed by atoms with Crippen LogP contribution in [-0.2, 0) is 0 Å². The van der Waals surface area contributed by atoms with Gasteiger partial charge in [0.1, 0.15) is 7.85 Å². The highest BCUT2D eigenvalue weighted by atomic mass is 14.1. The average Bonchev–Trinajstić information content (AvgIpc) is 2.48. The highest BCUT2D eigenvalue weighted by molar-refractivity contribution is 6.32. The fourth-order valence-corrected chi connectivity index (χ4v) is 2.45. The van der Waals surface area contributed by atoms with Crippen molar-refractivity contribution in [3.05, 3.63) is 78.4 Å². The normalized spacial score (nSPS) is 10.4. The van der Waals surface area contributed by atoms with Crippen LogP contribution in [0.4, 0.5) is 0 Å². The molecule has 96 valence electrons. The molecule has 0 N–H and O–H groups in total. The molecular formula is C19H17B. The van der Waals surface area contributed by atoms with Crippen LogP contribution in [0.15, 0.2) is 72.8 Å². The summed E-state index contributed by atoms with van der Waals surface area (Å²) in [6.07, 6.45) is 0. The summed E-state index contributed by atoms with van der Waals surface area (Å²) in [5.74, 6) is 0. The van der Waals surface area contributed by atoms with Crippen molar-refractivity contribution in [1.29, 1.82) is 0 Å². The number of hydrogen-bond acceptors (Lipinski definition) is 0. The molecule has 3 aromatic carbocycles. The predicted octanol–water partition coefficient (Wildman–Crippen LogP) is 3.59. The quantitative estimate of drug-likeness (QED) is 0.615. The Morgan fingerprint density at radius 3 is 1.80 bits per heavy atom. The van der Waals surface area contributed by atoms with Crippen molar-refractivity contribution in [3.8, 4) is 22.3 Å². The molecule has 0 atom stereocenters. The molecule has 0 spiro atoms. The molecule has 0 aliphatic carbocycles. The average molecular weight is 256 g/mol. The van der Waals surface area contributed by atoms with Crippen LogP contribution in [0.3, 0.4) is 0 Å². The lowest BCUT2D eigenvalue weighted by molar-refractivity contribution is 1.47. The first-order chi connectivity index (χ1) is 9.72. The fraction of sp³-hybridized carbons (Fsp3) is 0.0526. The van der Waals surface area contributed by atoms with Crippen molar-refractivity contribution in [2.45, 2.75) is 6.92 Å². The summed E-state index contributed by atoms with van der Waals surface area (Å²) in [5.41, 5.74) is 7.67. The van der Waals surface area contributed by atoms with Crippen LogP contribution in [0, 0.1) is 6.92 Å². The van der Waals surface area contributed by atoms with E-state index in [1.54, 1.807) is 0 Å². The van der Waals surface area contributed by atoms with Crippen LogP contribution >= 0.6 is 0 Å². The van der Waals surface area contributed by atoms with Gasteiger partial charge in [0.15, 0.2) is 0 Å². The third kappa shape index (κ3) is 2.67. The van der Waals surface area contributed by atoms with Crippen molar-refractivity contribution in [3.63, 3.8) is 0 Å². The second kappa shape index (κ2) is 5.38. The van der Waals surface area contributed by atoms with Gasteiger partial charge in [-0.1, -0.05) is 77.8 Å². The van der Waals surface area contributed by atoms with Gasteiger partial charge in [-0.25, -0.2) is 0 Å². The molecule has 0 heterocycles. The van der Waals surface area contributed by atoms with Crippen LogP contribution in [0.5, 0.6) is 0 Å². The number of benzene rings is 3. The van der Waals surface area contributed by atoms with Crippen molar-refractivity contribution >= 4 is 13.3 Å². The van der Waals surface area contributed by atoms with Gasteiger partial charge in [0, 0.05) is 0 Å². The maximum absolute atomic E-state index is 2.26. The summed E-state index contributed by atoms with van der Waals surface area (Å²) in [6.45, 7) is 2.13. The third-order valence-corrected chi connectivity index (χ3v) is 3.60. The number of aryl methyl sites for hydroxylation is 1. The van der Waals surface area contributed by atoms with E-state index in [-0.39, 0.29) is 0 Å². The van der Waals surface area contributed by atoms with Gasteiger partial charge in [0.25, 0.3) is 0 Å². The molecule has 0 amide bonds. The Morgan fingerprint density at radius 1 is 0.600 bits per heavy atom. The van der Waals surface area contributed by atoms with E-state index in [0.717, 1.165) is 0 Å². The topological polar surface area (TPSA) is 0 Å². The molecule has 20 heavy (non-hydrogen) atoms. The second-order valence-corrected chi connectivity index (χ2v) is 5.32. The van der Waals surface area contributed by atoms with Gasteiger partial charge in [-0.3, -0.25) is 0 Å². The Bertz CT molecular complexity index is 727. The largest absolute Gasteiger partial charge is 0.139 e. The summed E-state index contributed by atoms with van der Waals surface area (Å²) in [7, 11) is 2.12. The zero-order chi connectivity index (χ0) is 13.9. The Kier molecular flexibility index (Phi) is 3.43. The molecule has 0 unspecified atom stereocenters. The van der Waals surface area contributed by atoms with Crippen LogP contribution in [-0.4, -0.2) is 7.85 Å². The Labute approximate surface area is 121 Å². The standard InChI is InChI=1S/C19H17B/c1-14-4-2-5-16(12-14)18-7-3-6-17(13-18)15-8-10-19(20)11-9-15/h2-13H,20H2,1H3. The fourth-order valence-electron chi connectivity index (χ4n) is 2.45. The molecule has 0 radical (unpaired) electrons. The summed E-state index contributed by atoms with van der Waals surface area (Å²) >= 11 is 0. The van der Waals surface area contributed by atoms with E-state index in [1.807, 2.05) is 0 Å². The van der Waals surface area contributed by atoms with Crippen LogP contribution in [0.2, 0.25) is 0 Å². The van der Waals surface area contributed by atoms with Crippen LogP contribution in [0.25, 0.3) is 22.3 Å². The first kappa shape index (κ1) is 12.7. The maximum atomic E-state index is 2.26. The van der Waals surface area contributed by atoms with Crippen molar-refractivity contribution < 1.29 is 0 Å². The van der Waals surface area contributed by atoms with Gasteiger partial charge in [0.2, 0.25) is 0 Å². The van der Waals surface area contributed by atoms with E-state index in [0.29, 0.717) is 0 Å². The van der Waals surface area contributed by atoms with Gasteiger partial charge in [-0.15, -0.1) is 0 Å². The van der Waals surface area contributed by atoms with E-state index < -0.39 is 0 Å². The lowest BCUT2D eigenvalue weighted by Crippen LogP contribution is -1.99. The molecule has 0 saturated heterocycles. The van der Waals surface area contributed by atoms with Gasteiger partial charge in [-0.05, 0) is 35.2 Å². The minimum absolute atomic E-state index is 1.27. The highest BCUT2D eigenvalue weighted by Crippen LogP contribution is 2.26. The predicted molar refractivity (Wildman–Crippen MR) is 90.2 cm³/mol. The maximum Gasteiger partial charge on any atom is 0.139 e. The van der Waals surface area contributed by atoms with Crippen LogP contribution < -0.4 is 5.46 Å². The van der Waals surface area contributed by atoms with Gasteiger partial charge < -0.3 is 0 Å².